The highest BCUT2D eigenvalue weighted by atomic mass is 79.9. The summed E-state index contributed by atoms with van der Waals surface area (Å²) in [7, 11) is 0. The summed E-state index contributed by atoms with van der Waals surface area (Å²) < 4.78 is 13.4. The fraction of sp³-hybridized carbons (Fsp3) is 0.176. The highest BCUT2D eigenvalue weighted by Crippen LogP contribution is 2.21. The van der Waals surface area contributed by atoms with Crippen molar-refractivity contribution < 1.29 is 9.18 Å². The topological polar surface area (TPSA) is 53.2 Å². The van der Waals surface area contributed by atoms with Gasteiger partial charge in [0.15, 0.2) is 5.11 Å². The van der Waals surface area contributed by atoms with E-state index in [1.54, 1.807) is 0 Å². The lowest BCUT2D eigenvalue weighted by atomic mass is 10.1. The van der Waals surface area contributed by atoms with Crippen molar-refractivity contribution in [3.8, 4) is 0 Å². The maximum atomic E-state index is 13.1. The third kappa shape index (κ3) is 4.52. The maximum absolute atomic E-state index is 13.1. The zero-order chi connectivity index (χ0) is 17.7. The van der Waals surface area contributed by atoms with Gasteiger partial charge in [-0.2, -0.15) is 0 Å². The van der Waals surface area contributed by atoms with Crippen molar-refractivity contribution in [3.63, 3.8) is 0 Å². The second-order valence-electron chi connectivity index (χ2n) is 5.12. The average molecular weight is 410 g/mol. The molecule has 24 heavy (non-hydrogen) atoms. The quantitative estimate of drug-likeness (QED) is 0.527. The molecule has 0 atom stereocenters. The van der Waals surface area contributed by atoms with E-state index in [0.717, 1.165) is 23.2 Å². The summed E-state index contributed by atoms with van der Waals surface area (Å²) >= 11 is 8.38. The molecule has 0 heterocycles. The van der Waals surface area contributed by atoms with Crippen molar-refractivity contribution >= 4 is 44.9 Å². The lowest BCUT2D eigenvalue weighted by Gasteiger charge is -2.16. The first-order chi connectivity index (χ1) is 11.4. The van der Waals surface area contributed by atoms with Gasteiger partial charge in [-0.1, -0.05) is 25.1 Å². The lowest BCUT2D eigenvalue weighted by Crippen LogP contribution is -2.44. The summed E-state index contributed by atoms with van der Waals surface area (Å²) in [6.45, 7) is 4.04. The minimum absolute atomic E-state index is 0.269. The molecule has 0 aliphatic rings. The highest BCUT2D eigenvalue weighted by molar-refractivity contribution is 9.10. The summed E-state index contributed by atoms with van der Waals surface area (Å²) in [4.78, 5) is 12.1. The molecule has 7 heteroatoms. The molecule has 0 aliphatic carbocycles. The minimum atomic E-state index is -0.425. The van der Waals surface area contributed by atoms with Crippen molar-refractivity contribution in [2.75, 3.05) is 5.32 Å². The van der Waals surface area contributed by atoms with E-state index in [2.05, 4.69) is 39.0 Å². The Bertz CT molecular complexity index is 782. The molecule has 0 aromatic heterocycles. The van der Waals surface area contributed by atoms with Gasteiger partial charge in [-0.25, -0.2) is 4.39 Å². The van der Waals surface area contributed by atoms with Crippen molar-refractivity contribution in [1.82, 2.24) is 10.9 Å². The highest BCUT2D eigenvalue weighted by Gasteiger charge is 2.11. The summed E-state index contributed by atoms with van der Waals surface area (Å²) in [5, 5.41) is 3.36. The molecule has 0 aliphatic heterocycles. The third-order valence-electron chi connectivity index (χ3n) is 3.44. The Kier molecular flexibility index (Phi) is 6.28. The Balaban J connectivity index is 2.00. The van der Waals surface area contributed by atoms with Gasteiger partial charge < -0.3 is 5.32 Å². The van der Waals surface area contributed by atoms with E-state index in [-0.39, 0.29) is 5.11 Å². The van der Waals surface area contributed by atoms with E-state index in [0.29, 0.717) is 10.0 Å². The molecule has 2 rings (SSSR count). The molecule has 1 amide bonds. The van der Waals surface area contributed by atoms with E-state index < -0.39 is 11.7 Å². The van der Waals surface area contributed by atoms with Crippen LogP contribution in [0.5, 0.6) is 0 Å². The predicted molar refractivity (Wildman–Crippen MR) is 101 cm³/mol. The molecular weight excluding hydrogens is 393 g/mol. The van der Waals surface area contributed by atoms with Crippen LogP contribution in [0.3, 0.4) is 0 Å². The number of halogens is 2. The van der Waals surface area contributed by atoms with Crippen LogP contribution in [0.25, 0.3) is 0 Å². The summed E-state index contributed by atoms with van der Waals surface area (Å²) in [5.41, 5.74) is 8.57. The standard InChI is InChI=1S/C17H17BrFN3OS/c1-3-11-6-4-5-10(2)15(11)20-17(24)22-21-16(23)13-8-7-12(19)9-14(13)18/h4-9H,3H2,1-2H3,(H,21,23)(H2,20,22,24). The molecule has 0 spiro atoms. The van der Waals surface area contributed by atoms with Crippen LogP contribution >= 0.6 is 28.1 Å². The number of carbonyl (C=O) groups excluding carboxylic acids is 1. The van der Waals surface area contributed by atoms with Crippen LogP contribution in [-0.4, -0.2) is 11.0 Å². The van der Waals surface area contributed by atoms with Gasteiger partial charge in [0.05, 0.1) is 5.56 Å². The number of aryl methyl sites for hydroxylation is 2. The number of amides is 1. The van der Waals surface area contributed by atoms with E-state index in [9.17, 15) is 9.18 Å². The smallest absolute Gasteiger partial charge is 0.270 e. The van der Waals surface area contributed by atoms with Crippen LogP contribution < -0.4 is 16.2 Å². The Morgan fingerprint density at radius 3 is 2.67 bits per heavy atom. The molecule has 126 valence electrons. The van der Waals surface area contributed by atoms with Gasteiger partial charge >= 0.3 is 0 Å². The second kappa shape index (κ2) is 8.21. The predicted octanol–water partition coefficient (Wildman–Crippen LogP) is 4.09. The normalized spacial score (nSPS) is 10.2. The number of hydrogen-bond acceptors (Lipinski definition) is 2. The number of hydrazine groups is 1. The molecule has 0 fully saturated rings. The van der Waals surface area contributed by atoms with Gasteiger partial charge in [0.2, 0.25) is 0 Å². The Morgan fingerprint density at radius 2 is 2.00 bits per heavy atom. The molecule has 0 radical (unpaired) electrons. The molecule has 4 nitrogen and oxygen atoms in total. The molecular formula is C17H17BrFN3OS. The summed E-state index contributed by atoms with van der Waals surface area (Å²) in [5.74, 6) is -0.846. The fourth-order valence-corrected chi connectivity index (χ4v) is 2.89. The monoisotopic (exact) mass is 409 g/mol. The fourth-order valence-electron chi connectivity index (χ4n) is 2.20. The van der Waals surface area contributed by atoms with Crippen LogP contribution in [0.1, 0.15) is 28.4 Å². The Hall–Kier alpha value is -1.99. The summed E-state index contributed by atoms with van der Waals surface area (Å²) in [6, 6.07) is 9.83. The van der Waals surface area contributed by atoms with E-state index in [1.165, 1.54) is 18.2 Å². The van der Waals surface area contributed by atoms with Gasteiger partial charge in [-0.05, 0) is 70.8 Å². The SMILES string of the molecule is CCc1cccc(C)c1NC(=S)NNC(=O)c1ccc(F)cc1Br. The zero-order valence-corrected chi connectivity index (χ0v) is 15.6. The number of carbonyl (C=O) groups is 1. The van der Waals surface area contributed by atoms with Gasteiger partial charge in [-0.15, -0.1) is 0 Å². The molecule has 3 N–H and O–H groups in total. The number of nitrogens with one attached hydrogen (secondary N) is 3. The van der Waals surface area contributed by atoms with Gasteiger partial charge in [0.25, 0.3) is 5.91 Å². The zero-order valence-electron chi connectivity index (χ0n) is 13.2. The Morgan fingerprint density at radius 1 is 1.25 bits per heavy atom. The van der Waals surface area contributed by atoms with E-state index in [4.69, 9.17) is 12.2 Å². The van der Waals surface area contributed by atoms with E-state index >= 15 is 0 Å². The van der Waals surface area contributed by atoms with E-state index in [1.807, 2.05) is 25.1 Å². The number of hydrogen-bond donors (Lipinski definition) is 3. The lowest BCUT2D eigenvalue weighted by molar-refractivity contribution is 0.0943. The van der Waals surface area contributed by atoms with Crippen LogP contribution in [0.15, 0.2) is 40.9 Å². The first-order valence-corrected chi connectivity index (χ1v) is 8.53. The van der Waals surface area contributed by atoms with Crippen molar-refractivity contribution in [3.05, 3.63) is 63.4 Å². The first kappa shape index (κ1) is 18.4. The van der Waals surface area contributed by atoms with Crippen molar-refractivity contribution in [2.24, 2.45) is 0 Å². The van der Waals surface area contributed by atoms with Crippen molar-refractivity contribution in [2.45, 2.75) is 20.3 Å². The number of anilines is 1. The average Bonchev–Trinajstić information content (AvgIpc) is 2.54. The number of rotatable bonds is 3. The first-order valence-electron chi connectivity index (χ1n) is 7.33. The minimum Gasteiger partial charge on any atom is -0.331 e. The van der Waals surface area contributed by atoms with Gasteiger partial charge in [0.1, 0.15) is 5.82 Å². The van der Waals surface area contributed by atoms with Crippen LogP contribution in [0.2, 0.25) is 0 Å². The molecule has 0 bridgehead atoms. The van der Waals surface area contributed by atoms with Gasteiger partial charge in [0, 0.05) is 10.2 Å². The maximum Gasteiger partial charge on any atom is 0.270 e. The third-order valence-corrected chi connectivity index (χ3v) is 4.30. The molecule has 2 aromatic rings. The van der Waals surface area contributed by atoms with Crippen LogP contribution in [0, 0.1) is 12.7 Å². The molecule has 0 unspecified atom stereocenters. The molecule has 0 saturated heterocycles. The van der Waals surface area contributed by atoms with Gasteiger partial charge in [-0.3, -0.25) is 15.6 Å². The van der Waals surface area contributed by atoms with Crippen LogP contribution in [0.4, 0.5) is 10.1 Å². The molecule has 2 aromatic carbocycles. The van der Waals surface area contributed by atoms with Crippen molar-refractivity contribution in [1.29, 1.82) is 0 Å². The summed E-state index contributed by atoms with van der Waals surface area (Å²) in [6.07, 6.45) is 0.863. The largest absolute Gasteiger partial charge is 0.331 e. The number of thiocarbonyl (C=S) groups is 1. The molecule has 0 saturated carbocycles. The van der Waals surface area contributed by atoms with Crippen LogP contribution in [-0.2, 0) is 6.42 Å². The number of benzene rings is 2. The number of para-hydroxylation sites is 1. The second-order valence-corrected chi connectivity index (χ2v) is 6.38. The Labute approximate surface area is 153 Å².